The second-order valence-corrected chi connectivity index (χ2v) is 6.82. The molecule has 1 atom stereocenters. The van der Waals surface area contributed by atoms with Gasteiger partial charge in [0.15, 0.2) is 0 Å². The number of aromatic amines is 1. The van der Waals surface area contributed by atoms with Crippen molar-refractivity contribution < 1.29 is 4.79 Å². The first-order chi connectivity index (χ1) is 12.7. The number of rotatable bonds is 3. The lowest BCUT2D eigenvalue weighted by Gasteiger charge is -2.38. The summed E-state index contributed by atoms with van der Waals surface area (Å²) in [5.41, 5.74) is 3.33. The summed E-state index contributed by atoms with van der Waals surface area (Å²) in [5.74, 6) is 0. The van der Waals surface area contributed by atoms with Gasteiger partial charge in [0, 0.05) is 49.6 Å². The lowest BCUT2D eigenvalue weighted by atomic mass is 10.0. The van der Waals surface area contributed by atoms with Crippen LogP contribution in [0.1, 0.15) is 18.5 Å². The fourth-order valence-corrected chi connectivity index (χ4v) is 3.58. The summed E-state index contributed by atoms with van der Waals surface area (Å²) in [5, 5.41) is 4.22. The zero-order chi connectivity index (χ0) is 17.9. The minimum absolute atomic E-state index is 0.0164. The second kappa shape index (κ2) is 7.22. The number of nitrogens with one attached hydrogen (secondary N) is 2. The Morgan fingerprint density at radius 1 is 1.04 bits per heavy atom. The van der Waals surface area contributed by atoms with Crippen molar-refractivity contribution in [3.05, 3.63) is 66.4 Å². The molecule has 134 valence electrons. The number of aromatic nitrogens is 1. The first kappa shape index (κ1) is 16.7. The summed E-state index contributed by atoms with van der Waals surface area (Å²) in [4.78, 5) is 20.0. The third-order valence-electron chi connectivity index (χ3n) is 5.23. The van der Waals surface area contributed by atoms with Crippen LogP contribution in [-0.4, -0.2) is 47.0 Å². The van der Waals surface area contributed by atoms with Crippen molar-refractivity contribution in [1.29, 1.82) is 0 Å². The van der Waals surface area contributed by atoms with E-state index in [4.69, 9.17) is 0 Å². The van der Waals surface area contributed by atoms with E-state index in [-0.39, 0.29) is 6.03 Å². The zero-order valence-corrected chi connectivity index (χ0v) is 15.0. The fourth-order valence-electron chi connectivity index (χ4n) is 3.58. The van der Waals surface area contributed by atoms with Gasteiger partial charge in [0.05, 0.1) is 0 Å². The van der Waals surface area contributed by atoms with E-state index in [1.807, 2.05) is 41.4 Å². The Morgan fingerprint density at radius 3 is 2.58 bits per heavy atom. The number of urea groups is 1. The highest BCUT2D eigenvalue weighted by molar-refractivity contribution is 5.89. The van der Waals surface area contributed by atoms with Gasteiger partial charge in [0.1, 0.15) is 0 Å². The topological polar surface area (TPSA) is 51.4 Å². The maximum Gasteiger partial charge on any atom is 0.321 e. The number of hydrogen-bond donors (Lipinski definition) is 2. The molecule has 1 aliphatic heterocycles. The monoisotopic (exact) mass is 348 g/mol. The fraction of sp³-hybridized carbons (Fsp3) is 0.286. The quantitative estimate of drug-likeness (QED) is 0.749. The molecule has 1 unspecified atom stereocenters. The van der Waals surface area contributed by atoms with Crippen LogP contribution in [-0.2, 0) is 0 Å². The molecule has 1 fully saturated rings. The number of piperazine rings is 1. The number of benzene rings is 2. The van der Waals surface area contributed by atoms with Crippen LogP contribution in [0.15, 0.2) is 60.8 Å². The molecule has 0 radical (unpaired) electrons. The van der Waals surface area contributed by atoms with E-state index < -0.39 is 0 Å². The summed E-state index contributed by atoms with van der Waals surface area (Å²) in [6.07, 6.45) is 1.98. The predicted octanol–water partition coefficient (Wildman–Crippen LogP) is 4.08. The highest BCUT2D eigenvalue weighted by Gasteiger charge is 2.24. The maximum atomic E-state index is 12.4. The van der Waals surface area contributed by atoms with Crippen molar-refractivity contribution in [2.75, 3.05) is 31.5 Å². The van der Waals surface area contributed by atoms with E-state index in [9.17, 15) is 4.79 Å². The van der Waals surface area contributed by atoms with Crippen LogP contribution in [0, 0.1) is 0 Å². The third-order valence-corrected chi connectivity index (χ3v) is 5.23. The van der Waals surface area contributed by atoms with Gasteiger partial charge in [0.25, 0.3) is 0 Å². The highest BCUT2D eigenvalue weighted by atomic mass is 16.2. The SMILES string of the molecule is CC(c1ccc2[nH]ccc2c1)N1CCN(C(=O)Nc2ccccc2)CC1. The third kappa shape index (κ3) is 3.44. The normalized spacial score (nSPS) is 16.6. The molecule has 2 aromatic carbocycles. The van der Waals surface area contributed by atoms with Gasteiger partial charge in [-0.1, -0.05) is 24.3 Å². The van der Waals surface area contributed by atoms with Crippen LogP contribution in [0.5, 0.6) is 0 Å². The Hall–Kier alpha value is -2.79. The van der Waals surface area contributed by atoms with E-state index in [2.05, 4.69) is 46.4 Å². The number of para-hydroxylation sites is 1. The summed E-state index contributed by atoms with van der Waals surface area (Å²) >= 11 is 0. The smallest absolute Gasteiger partial charge is 0.321 e. The Balaban J connectivity index is 1.36. The molecule has 2 N–H and O–H groups in total. The van der Waals surface area contributed by atoms with Crippen LogP contribution in [0.4, 0.5) is 10.5 Å². The lowest BCUT2D eigenvalue weighted by molar-refractivity contribution is 0.119. The summed E-state index contributed by atoms with van der Waals surface area (Å²) in [6.45, 7) is 5.50. The number of fused-ring (bicyclic) bond motifs is 1. The van der Waals surface area contributed by atoms with E-state index in [1.165, 1.54) is 16.5 Å². The zero-order valence-electron chi connectivity index (χ0n) is 15.0. The first-order valence-corrected chi connectivity index (χ1v) is 9.13. The van der Waals surface area contributed by atoms with Crippen LogP contribution in [0.25, 0.3) is 10.9 Å². The van der Waals surface area contributed by atoms with Crippen molar-refractivity contribution in [3.8, 4) is 0 Å². The molecular formula is C21H24N4O. The molecule has 5 heteroatoms. The molecule has 1 saturated heterocycles. The average Bonchev–Trinajstić information content (AvgIpc) is 3.16. The molecule has 0 spiro atoms. The molecule has 2 heterocycles. The molecule has 1 aromatic heterocycles. The Labute approximate surface area is 153 Å². The van der Waals surface area contributed by atoms with E-state index >= 15 is 0 Å². The van der Waals surface area contributed by atoms with Crippen molar-refractivity contribution in [1.82, 2.24) is 14.8 Å². The number of carbonyl (C=O) groups is 1. The van der Waals surface area contributed by atoms with E-state index in [0.29, 0.717) is 6.04 Å². The van der Waals surface area contributed by atoms with Gasteiger partial charge in [-0.3, -0.25) is 4.90 Å². The van der Waals surface area contributed by atoms with Gasteiger partial charge in [-0.15, -0.1) is 0 Å². The number of carbonyl (C=O) groups excluding carboxylic acids is 1. The van der Waals surface area contributed by atoms with Gasteiger partial charge in [-0.05, 0) is 48.2 Å². The summed E-state index contributed by atoms with van der Waals surface area (Å²) < 4.78 is 0. The molecule has 1 aliphatic rings. The van der Waals surface area contributed by atoms with Crippen LogP contribution < -0.4 is 5.32 Å². The number of nitrogens with zero attached hydrogens (tertiary/aromatic N) is 2. The van der Waals surface area contributed by atoms with Crippen LogP contribution in [0.3, 0.4) is 0 Å². The van der Waals surface area contributed by atoms with Gasteiger partial charge in [-0.2, -0.15) is 0 Å². The summed E-state index contributed by atoms with van der Waals surface area (Å²) in [6, 6.07) is 18.6. The number of H-pyrrole nitrogens is 1. The second-order valence-electron chi connectivity index (χ2n) is 6.82. The van der Waals surface area contributed by atoms with Gasteiger partial charge in [-0.25, -0.2) is 4.79 Å². The molecule has 0 saturated carbocycles. The Kier molecular flexibility index (Phi) is 4.63. The lowest BCUT2D eigenvalue weighted by Crippen LogP contribution is -2.50. The molecule has 5 nitrogen and oxygen atoms in total. The van der Waals surface area contributed by atoms with E-state index in [1.54, 1.807) is 0 Å². The van der Waals surface area contributed by atoms with Crippen molar-refractivity contribution in [3.63, 3.8) is 0 Å². The van der Waals surface area contributed by atoms with Crippen molar-refractivity contribution in [2.45, 2.75) is 13.0 Å². The summed E-state index contributed by atoms with van der Waals surface area (Å²) in [7, 11) is 0. The number of amides is 2. The van der Waals surface area contributed by atoms with Gasteiger partial charge < -0.3 is 15.2 Å². The molecule has 4 rings (SSSR count). The molecule has 2 amide bonds. The molecular weight excluding hydrogens is 324 g/mol. The maximum absolute atomic E-state index is 12.4. The standard InChI is InChI=1S/C21H24N4O/c1-16(17-7-8-20-18(15-17)9-10-22-20)24-11-13-25(14-12-24)21(26)23-19-5-3-2-4-6-19/h2-10,15-16,22H,11-14H2,1H3,(H,23,26). The van der Waals surface area contributed by atoms with Crippen molar-refractivity contribution >= 4 is 22.6 Å². The van der Waals surface area contributed by atoms with Crippen LogP contribution >= 0.6 is 0 Å². The number of hydrogen-bond acceptors (Lipinski definition) is 2. The Morgan fingerprint density at radius 2 is 1.81 bits per heavy atom. The largest absolute Gasteiger partial charge is 0.361 e. The predicted molar refractivity (Wildman–Crippen MR) is 105 cm³/mol. The minimum atomic E-state index is -0.0164. The highest BCUT2D eigenvalue weighted by Crippen LogP contribution is 2.25. The molecule has 0 aliphatic carbocycles. The first-order valence-electron chi connectivity index (χ1n) is 9.13. The molecule has 3 aromatic rings. The molecule has 0 bridgehead atoms. The number of anilines is 1. The molecule has 26 heavy (non-hydrogen) atoms. The average molecular weight is 348 g/mol. The van der Waals surface area contributed by atoms with Crippen LogP contribution in [0.2, 0.25) is 0 Å². The van der Waals surface area contributed by atoms with E-state index in [0.717, 1.165) is 31.9 Å². The van der Waals surface area contributed by atoms with Crippen molar-refractivity contribution in [2.24, 2.45) is 0 Å². The Bertz CT molecular complexity index is 881. The minimum Gasteiger partial charge on any atom is -0.361 e. The van der Waals surface area contributed by atoms with Gasteiger partial charge in [0.2, 0.25) is 0 Å². The van der Waals surface area contributed by atoms with Gasteiger partial charge >= 0.3 is 6.03 Å².